The van der Waals surface area contributed by atoms with Gasteiger partial charge in [0.2, 0.25) is 0 Å². The van der Waals surface area contributed by atoms with Gasteiger partial charge in [-0.15, -0.1) is 0 Å². The summed E-state index contributed by atoms with van der Waals surface area (Å²) in [6.45, 7) is 0. The SMILES string of the molecule is CS(=O)(=O)c1ccc(-c2ccc3cc(C(=O)NC4(C(=O)CC5(C#N)CC5)CCCCCC4)oc3c2)cc1. The number of nitrogens with one attached hydrogen (secondary N) is 1. The molecule has 5 rings (SSSR count). The molecule has 2 aliphatic rings. The molecule has 2 saturated carbocycles. The van der Waals surface area contributed by atoms with E-state index in [1.807, 2.05) is 18.2 Å². The van der Waals surface area contributed by atoms with Gasteiger partial charge in [0.1, 0.15) is 5.58 Å². The molecular weight excluding hydrogens is 488 g/mol. The molecule has 1 amide bonds. The van der Waals surface area contributed by atoms with Gasteiger partial charge in [-0.25, -0.2) is 8.42 Å². The van der Waals surface area contributed by atoms with Gasteiger partial charge in [0.15, 0.2) is 21.4 Å². The number of carbonyl (C=O) groups is 2. The number of rotatable bonds is 7. The monoisotopic (exact) mass is 518 g/mol. The fourth-order valence-electron chi connectivity index (χ4n) is 5.26. The fourth-order valence-corrected chi connectivity index (χ4v) is 5.89. The summed E-state index contributed by atoms with van der Waals surface area (Å²) in [4.78, 5) is 27.1. The van der Waals surface area contributed by atoms with Gasteiger partial charge in [-0.3, -0.25) is 9.59 Å². The smallest absolute Gasteiger partial charge is 0.287 e. The maximum atomic E-state index is 13.5. The predicted octanol–water partition coefficient (Wildman–Crippen LogP) is 5.59. The number of nitriles is 1. The summed E-state index contributed by atoms with van der Waals surface area (Å²) in [6, 6.07) is 16.2. The van der Waals surface area contributed by atoms with E-state index in [1.54, 1.807) is 30.3 Å². The largest absolute Gasteiger partial charge is 0.451 e. The van der Waals surface area contributed by atoms with Crippen LogP contribution in [0.5, 0.6) is 0 Å². The Morgan fingerprint density at radius 2 is 1.59 bits per heavy atom. The Kier molecular flexibility index (Phi) is 6.45. The highest BCUT2D eigenvalue weighted by Gasteiger charge is 2.50. The molecule has 0 radical (unpaired) electrons. The summed E-state index contributed by atoms with van der Waals surface area (Å²) in [7, 11) is -3.28. The first-order valence-corrected chi connectivity index (χ1v) is 14.6. The Morgan fingerprint density at radius 1 is 0.946 bits per heavy atom. The molecule has 8 heteroatoms. The third-order valence-electron chi connectivity index (χ3n) is 7.79. The average Bonchev–Trinajstić information content (AvgIpc) is 3.58. The number of nitrogens with zero attached hydrogens (tertiary/aromatic N) is 1. The van der Waals surface area contributed by atoms with Crippen LogP contribution in [-0.2, 0) is 14.6 Å². The Hall–Kier alpha value is -3.44. The van der Waals surface area contributed by atoms with Crippen molar-refractivity contribution in [2.24, 2.45) is 5.41 Å². The highest BCUT2D eigenvalue weighted by molar-refractivity contribution is 7.90. The van der Waals surface area contributed by atoms with Crippen LogP contribution < -0.4 is 5.32 Å². The van der Waals surface area contributed by atoms with Crippen LogP contribution in [0.15, 0.2) is 57.8 Å². The van der Waals surface area contributed by atoms with Crippen LogP contribution in [0.3, 0.4) is 0 Å². The number of Topliss-reactive ketones (excluding diaryl/α,β-unsaturated/α-hetero) is 1. The van der Waals surface area contributed by atoms with Gasteiger partial charge in [-0.1, -0.05) is 49.9 Å². The van der Waals surface area contributed by atoms with Crippen LogP contribution >= 0.6 is 0 Å². The zero-order valence-electron chi connectivity index (χ0n) is 20.9. The van der Waals surface area contributed by atoms with Gasteiger partial charge in [0.05, 0.1) is 21.9 Å². The van der Waals surface area contributed by atoms with Crippen LogP contribution in [0.25, 0.3) is 22.1 Å². The molecule has 2 aromatic carbocycles. The second-order valence-electron chi connectivity index (χ2n) is 10.6. The van der Waals surface area contributed by atoms with Gasteiger partial charge in [-0.05, 0) is 61.1 Å². The van der Waals surface area contributed by atoms with Gasteiger partial charge >= 0.3 is 0 Å². The van der Waals surface area contributed by atoms with E-state index in [2.05, 4.69) is 11.4 Å². The number of carbonyl (C=O) groups excluding carboxylic acids is 2. The summed E-state index contributed by atoms with van der Waals surface area (Å²) in [6.07, 6.45) is 7.74. The van der Waals surface area contributed by atoms with E-state index in [0.717, 1.165) is 55.0 Å². The molecule has 0 spiro atoms. The number of furan rings is 1. The first kappa shape index (κ1) is 25.2. The third kappa shape index (κ3) is 5.19. The summed E-state index contributed by atoms with van der Waals surface area (Å²) < 4.78 is 29.4. The molecule has 3 aromatic rings. The van der Waals surface area contributed by atoms with Gasteiger partial charge in [0.25, 0.3) is 5.91 Å². The molecule has 0 bridgehead atoms. The topological polar surface area (TPSA) is 117 Å². The quantitative estimate of drug-likeness (QED) is 0.408. The molecule has 37 heavy (non-hydrogen) atoms. The minimum Gasteiger partial charge on any atom is -0.451 e. The highest BCUT2D eigenvalue weighted by atomic mass is 32.2. The van der Waals surface area contributed by atoms with E-state index in [4.69, 9.17) is 4.42 Å². The lowest BCUT2D eigenvalue weighted by Gasteiger charge is -2.33. The molecule has 1 aromatic heterocycles. The third-order valence-corrected chi connectivity index (χ3v) is 8.92. The Balaban J connectivity index is 1.39. The summed E-state index contributed by atoms with van der Waals surface area (Å²) in [5, 5.41) is 13.3. The summed E-state index contributed by atoms with van der Waals surface area (Å²) in [5.74, 6) is -0.331. The fraction of sp³-hybridized carbons (Fsp3) is 0.414. The van der Waals surface area contributed by atoms with Crippen molar-refractivity contribution in [3.8, 4) is 17.2 Å². The first-order valence-electron chi connectivity index (χ1n) is 12.7. The van der Waals surface area contributed by atoms with Crippen molar-refractivity contribution in [2.45, 2.75) is 68.2 Å². The Labute approximate surface area is 216 Å². The number of fused-ring (bicyclic) bond motifs is 1. The molecule has 1 N–H and O–H groups in total. The van der Waals surface area contributed by atoms with E-state index in [-0.39, 0.29) is 22.9 Å². The van der Waals surface area contributed by atoms with Gasteiger partial charge < -0.3 is 9.73 Å². The predicted molar refractivity (Wildman–Crippen MR) is 140 cm³/mol. The van der Waals surface area contributed by atoms with E-state index in [0.29, 0.717) is 18.4 Å². The Bertz CT molecular complexity index is 1500. The van der Waals surface area contributed by atoms with Crippen molar-refractivity contribution >= 4 is 32.5 Å². The first-order chi connectivity index (χ1) is 17.6. The van der Waals surface area contributed by atoms with Crippen LogP contribution in [0.1, 0.15) is 68.3 Å². The van der Waals surface area contributed by atoms with Crippen molar-refractivity contribution in [2.75, 3.05) is 6.26 Å². The molecule has 0 saturated heterocycles. The molecule has 0 unspecified atom stereocenters. The second-order valence-corrected chi connectivity index (χ2v) is 12.6. The number of ketones is 1. The lowest BCUT2D eigenvalue weighted by Crippen LogP contribution is -2.54. The molecule has 0 atom stereocenters. The molecule has 192 valence electrons. The average molecular weight is 519 g/mol. The minimum absolute atomic E-state index is 0.0438. The second kappa shape index (κ2) is 9.46. The van der Waals surface area contributed by atoms with Gasteiger partial charge in [0, 0.05) is 18.1 Å². The highest BCUT2D eigenvalue weighted by Crippen LogP contribution is 2.49. The van der Waals surface area contributed by atoms with Crippen LogP contribution in [0.4, 0.5) is 0 Å². The van der Waals surface area contributed by atoms with Crippen molar-refractivity contribution in [3.63, 3.8) is 0 Å². The lowest BCUT2D eigenvalue weighted by molar-refractivity contribution is -0.126. The number of benzene rings is 2. The van der Waals surface area contributed by atoms with Crippen molar-refractivity contribution < 1.29 is 22.4 Å². The van der Waals surface area contributed by atoms with E-state index in [1.165, 1.54) is 6.26 Å². The molecule has 2 fully saturated rings. The zero-order chi connectivity index (χ0) is 26.3. The summed E-state index contributed by atoms with van der Waals surface area (Å²) >= 11 is 0. The van der Waals surface area contributed by atoms with Crippen LogP contribution in [0, 0.1) is 16.7 Å². The van der Waals surface area contributed by atoms with Crippen molar-refractivity contribution in [1.29, 1.82) is 5.26 Å². The maximum Gasteiger partial charge on any atom is 0.287 e. The molecule has 7 nitrogen and oxygen atoms in total. The van der Waals surface area contributed by atoms with Crippen molar-refractivity contribution in [1.82, 2.24) is 5.32 Å². The van der Waals surface area contributed by atoms with E-state index < -0.39 is 26.7 Å². The standard InChI is InChI=1S/C29H30N2O5S/c1-37(34,35)23-10-8-20(9-11-23)21-6-7-22-17-25(36-24(22)16-21)27(33)31-29(12-4-2-3-5-13-29)26(32)18-28(19-30)14-15-28/h6-11,16-17H,2-5,12-15,18H2,1H3,(H,31,33). The molecule has 2 aliphatic carbocycles. The van der Waals surface area contributed by atoms with E-state index >= 15 is 0 Å². The van der Waals surface area contributed by atoms with Crippen LogP contribution in [0.2, 0.25) is 0 Å². The number of amides is 1. The van der Waals surface area contributed by atoms with Crippen molar-refractivity contribution in [3.05, 3.63) is 54.3 Å². The number of hydrogen-bond donors (Lipinski definition) is 1. The van der Waals surface area contributed by atoms with E-state index in [9.17, 15) is 23.3 Å². The molecule has 1 heterocycles. The van der Waals surface area contributed by atoms with Crippen LogP contribution in [-0.4, -0.2) is 31.9 Å². The molecule has 0 aliphatic heterocycles. The summed E-state index contributed by atoms with van der Waals surface area (Å²) in [5.41, 5.74) is 0.654. The normalized spacial score (nSPS) is 18.5. The zero-order valence-corrected chi connectivity index (χ0v) is 21.7. The number of sulfone groups is 1. The van der Waals surface area contributed by atoms with Gasteiger partial charge in [-0.2, -0.15) is 5.26 Å². The lowest BCUT2D eigenvalue weighted by atomic mass is 9.81. The Morgan fingerprint density at radius 3 is 2.19 bits per heavy atom. The maximum absolute atomic E-state index is 13.5. The minimum atomic E-state index is -3.28. The number of hydrogen-bond acceptors (Lipinski definition) is 6. The molecular formula is C29H30N2O5S.